The normalized spacial score (nSPS) is 25.0. The van der Waals surface area contributed by atoms with Crippen molar-refractivity contribution in [3.63, 3.8) is 0 Å². The molecule has 2 fully saturated rings. The van der Waals surface area contributed by atoms with Crippen molar-refractivity contribution in [1.82, 2.24) is 4.90 Å². The van der Waals surface area contributed by atoms with Crippen molar-refractivity contribution in [2.24, 2.45) is 5.92 Å². The predicted molar refractivity (Wildman–Crippen MR) is 92.7 cm³/mol. The molecule has 2 aliphatic rings. The average Bonchev–Trinajstić information content (AvgIpc) is 2.87. The fraction of sp³-hybridized carbons (Fsp3) is 0.579. The van der Waals surface area contributed by atoms with E-state index in [2.05, 4.69) is 11.0 Å². The fourth-order valence-electron chi connectivity index (χ4n) is 3.70. The van der Waals surface area contributed by atoms with Crippen LogP contribution in [-0.2, 0) is 9.53 Å². The summed E-state index contributed by atoms with van der Waals surface area (Å²) in [7, 11) is 0. The highest BCUT2D eigenvalue weighted by molar-refractivity contribution is 5.79. The van der Waals surface area contributed by atoms with Crippen LogP contribution in [0.15, 0.2) is 24.3 Å². The molecule has 2 saturated heterocycles. The third-order valence-corrected chi connectivity index (χ3v) is 5.10. The maximum absolute atomic E-state index is 12.9. The number of carbonyl (C=O) groups is 1. The Morgan fingerprint density at radius 1 is 1.21 bits per heavy atom. The number of carbonyl (C=O) groups excluding carboxylic acids is 1. The van der Waals surface area contributed by atoms with E-state index in [4.69, 9.17) is 4.74 Å². The lowest BCUT2D eigenvalue weighted by Gasteiger charge is -2.32. The molecule has 0 N–H and O–H groups in total. The Morgan fingerprint density at radius 2 is 2.04 bits per heavy atom. The summed E-state index contributed by atoms with van der Waals surface area (Å²) < 4.78 is 5.66. The van der Waals surface area contributed by atoms with Gasteiger partial charge in [0.05, 0.1) is 23.3 Å². The van der Waals surface area contributed by atoms with Gasteiger partial charge in [0, 0.05) is 32.8 Å². The van der Waals surface area contributed by atoms with Crippen LogP contribution < -0.4 is 4.90 Å². The molecule has 1 aromatic carbocycles. The number of hydrogen-bond donors (Lipinski definition) is 0. The first-order valence-corrected chi connectivity index (χ1v) is 8.85. The van der Waals surface area contributed by atoms with Gasteiger partial charge in [-0.05, 0) is 38.3 Å². The highest BCUT2D eigenvalue weighted by atomic mass is 16.5. The first kappa shape index (κ1) is 16.8. The van der Waals surface area contributed by atoms with Crippen molar-refractivity contribution < 1.29 is 9.53 Å². The number of para-hydroxylation sites is 1. The second-order valence-electron chi connectivity index (χ2n) is 6.62. The molecule has 5 heteroatoms. The minimum atomic E-state index is -0.00306. The Kier molecular flexibility index (Phi) is 5.37. The largest absolute Gasteiger partial charge is 0.378 e. The number of amides is 1. The van der Waals surface area contributed by atoms with Gasteiger partial charge in [-0.2, -0.15) is 5.26 Å². The third kappa shape index (κ3) is 3.54. The molecule has 2 unspecified atom stereocenters. The van der Waals surface area contributed by atoms with E-state index in [0.29, 0.717) is 12.1 Å². The van der Waals surface area contributed by atoms with Crippen molar-refractivity contribution >= 4 is 11.6 Å². The molecule has 0 aliphatic carbocycles. The zero-order valence-corrected chi connectivity index (χ0v) is 14.3. The first-order chi connectivity index (χ1) is 11.7. The Labute approximate surface area is 143 Å². The zero-order chi connectivity index (χ0) is 16.9. The van der Waals surface area contributed by atoms with E-state index in [0.717, 1.165) is 51.2 Å². The molecule has 0 saturated carbocycles. The molecular formula is C19H25N3O2. The van der Waals surface area contributed by atoms with Gasteiger partial charge < -0.3 is 14.5 Å². The number of nitriles is 1. The molecule has 2 atom stereocenters. The van der Waals surface area contributed by atoms with E-state index in [1.54, 1.807) is 0 Å². The molecule has 5 nitrogen and oxygen atoms in total. The van der Waals surface area contributed by atoms with Crippen molar-refractivity contribution in [2.75, 3.05) is 37.7 Å². The van der Waals surface area contributed by atoms with Crippen molar-refractivity contribution in [2.45, 2.75) is 32.3 Å². The summed E-state index contributed by atoms with van der Waals surface area (Å²) in [5.41, 5.74) is 1.68. The summed E-state index contributed by atoms with van der Waals surface area (Å²) in [6, 6.07) is 9.96. The minimum absolute atomic E-state index is 0.00306. The summed E-state index contributed by atoms with van der Waals surface area (Å²) >= 11 is 0. The first-order valence-electron chi connectivity index (χ1n) is 8.85. The molecule has 128 valence electrons. The zero-order valence-electron chi connectivity index (χ0n) is 14.3. The van der Waals surface area contributed by atoms with E-state index < -0.39 is 0 Å². The van der Waals surface area contributed by atoms with Crippen LogP contribution in [0.1, 0.15) is 31.7 Å². The highest BCUT2D eigenvalue weighted by Gasteiger charge is 2.32. The molecular weight excluding hydrogens is 302 g/mol. The van der Waals surface area contributed by atoms with Gasteiger partial charge in [-0.3, -0.25) is 4.79 Å². The second-order valence-corrected chi connectivity index (χ2v) is 6.62. The van der Waals surface area contributed by atoms with Crippen LogP contribution in [0.5, 0.6) is 0 Å². The van der Waals surface area contributed by atoms with E-state index in [-0.39, 0.29) is 17.9 Å². The maximum Gasteiger partial charge on any atom is 0.228 e. The minimum Gasteiger partial charge on any atom is -0.378 e. The van der Waals surface area contributed by atoms with Gasteiger partial charge in [0.15, 0.2) is 0 Å². The van der Waals surface area contributed by atoms with Crippen LogP contribution in [0.4, 0.5) is 5.69 Å². The molecule has 3 rings (SSSR count). The third-order valence-electron chi connectivity index (χ3n) is 5.10. The molecule has 1 amide bonds. The van der Waals surface area contributed by atoms with Crippen LogP contribution in [0.3, 0.4) is 0 Å². The predicted octanol–water partition coefficient (Wildman–Crippen LogP) is 2.41. The second kappa shape index (κ2) is 7.67. The van der Waals surface area contributed by atoms with E-state index >= 15 is 0 Å². The lowest BCUT2D eigenvalue weighted by atomic mass is 9.94. The van der Waals surface area contributed by atoms with Gasteiger partial charge in [0.2, 0.25) is 5.91 Å². The monoisotopic (exact) mass is 327 g/mol. The summed E-state index contributed by atoms with van der Waals surface area (Å²) in [6.45, 7) is 5.92. The van der Waals surface area contributed by atoms with Crippen LogP contribution in [0, 0.1) is 17.2 Å². The molecule has 24 heavy (non-hydrogen) atoms. The van der Waals surface area contributed by atoms with E-state index in [1.807, 2.05) is 36.1 Å². The number of benzene rings is 1. The fourth-order valence-corrected chi connectivity index (χ4v) is 3.70. The van der Waals surface area contributed by atoms with Crippen LogP contribution >= 0.6 is 0 Å². The molecule has 0 radical (unpaired) electrons. The molecule has 0 bridgehead atoms. The highest BCUT2D eigenvalue weighted by Crippen LogP contribution is 2.25. The summed E-state index contributed by atoms with van der Waals surface area (Å²) in [6.07, 6.45) is 2.84. The quantitative estimate of drug-likeness (QED) is 0.837. The number of ether oxygens (including phenoxy) is 1. The molecule has 2 heterocycles. The van der Waals surface area contributed by atoms with E-state index in [9.17, 15) is 10.1 Å². The summed E-state index contributed by atoms with van der Waals surface area (Å²) in [5.74, 6) is 0.231. The number of rotatable bonds is 2. The smallest absolute Gasteiger partial charge is 0.228 e. The summed E-state index contributed by atoms with van der Waals surface area (Å²) in [5, 5.41) is 9.30. The van der Waals surface area contributed by atoms with Crippen LogP contribution in [0.25, 0.3) is 0 Å². The Hall–Kier alpha value is -2.06. The van der Waals surface area contributed by atoms with Gasteiger partial charge >= 0.3 is 0 Å². The van der Waals surface area contributed by atoms with Crippen molar-refractivity contribution in [3.8, 4) is 6.07 Å². The average molecular weight is 327 g/mol. The van der Waals surface area contributed by atoms with Crippen molar-refractivity contribution in [3.05, 3.63) is 29.8 Å². The maximum atomic E-state index is 12.9. The number of nitrogens with zero attached hydrogens (tertiary/aromatic N) is 3. The number of anilines is 1. The Balaban J connectivity index is 1.67. The topological polar surface area (TPSA) is 56.6 Å². The van der Waals surface area contributed by atoms with Crippen LogP contribution in [0.2, 0.25) is 0 Å². The molecule has 0 aromatic heterocycles. The lowest BCUT2D eigenvalue weighted by molar-refractivity contribution is -0.143. The molecule has 2 aliphatic heterocycles. The van der Waals surface area contributed by atoms with Gasteiger partial charge in [-0.1, -0.05) is 12.1 Å². The SMILES string of the molecule is CC1OCCCC1C(=O)N1CCCN(c2ccccc2C#N)CC1. The standard InChI is InChI=1S/C19H25N3O2/c1-15-17(7-4-13-24-15)19(23)22-10-5-9-21(11-12-22)18-8-3-2-6-16(18)14-20/h2-3,6,8,15,17H,4-5,7,9-13H2,1H3. The van der Waals surface area contributed by atoms with Gasteiger partial charge in [-0.15, -0.1) is 0 Å². The van der Waals surface area contributed by atoms with Crippen molar-refractivity contribution in [1.29, 1.82) is 5.26 Å². The van der Waals surface area contributed by atoms with Crippen LogP contribution in [-0.4, -0.2) is 49.7 Å². The van der Waals surface area contributed by atoms with Gasteiger partial charge in [0.25, 0.3) is 0 Å². The van der Waals surface area contributed by atoms with Gasteiger partial charge in [0.1, 0.15) is 6.07 Å². The Morgan fingerprint density at radius 3 is 2.83 bits per heavy atom. The van der Waals surface area contributed by atoms with E-state index in [1.165, 1.54) is 0 Å². The molecule has 1 aromatic rings. The molecule has 0 spiro atoms. The summed E-state index contributed by atoms with van der Waals surface area (Å²) in [4.78, 5) is 17.1. The number of hydrogen-bond acceptors (Lipinski definition) is 4. The Bertz CT molecular complexity index is 625. The van der Waals surface area contributed by atoms with Gasteiger partial charge in [-0.25, -0.2) is 0 Å². The lowest BCUT2D eigenvalue weighted by Crippen LogP contribution is -2.44.